The second-order valence-corrected chi connectivity index (χ2v) is 10.4. The second-order valence-electron chi connectivity index (χ2n) is 7.71. The molecule has 194 valence electrons. The zero-order valence-electron chi connectivity index (χ0n) is 19.9. The molecular formula is C25H22Cl2N2O7S. The van der Waals surface area contributed by atoms with E-state index in [0.29, 0.717) is 0 Å². The first kappa shape index (κ1) is 28.0. The molecule has 1 amide bonds. The van der Waals surface area contributed by atoms with Gasteiger partial charge < -0.3 is 14.8 Å². The number of nitrogens with zero attached hydrogens (tertiary/aromatic N) is 1. The summed E-state index contributed by atoms with van der Waals surface area (Å²) in [6, 6.07) is 14.1. The van der Waals surface area contributed by atoms with Crippen LogP contribution >= 0.6 is 23.2 Å². The van der Waals surface area contributed by atoms with Crippen molar-refractivity contribution in [2.24, 2.45) is 0 Å². The summed E-state index contributed by atoms with van der Waals surface area (Å²) in [7, 11) is -1.90. The minimum Gasteiger partial charge on any atom is -0.465 e. The Morgan fingerprint density at radius 2 is 1.51 bits per heavy atom. The average Bonchev–Trinajstić information content (AvgIpc) is 2.88. The third-order valence-electron chi connectivity index (χ3n) is 5.21. The van der Waals surface area contributed by atoms with Crippen LogP contribution in [0.5, 0.6) is 0 Å². The molecule has 0 aliphatic carbocycles. The van der Waals surface area contributed by atoms with Crippen LogP contribution in [-0.4, -0.2) is 47.0 Å². The van der Waals surface area contributed by atoms with E-state index in [0.717, 1.165) is 17.0 Å². The molecule has 9 nitrogen and oxygen atoms in total. The SMILES string of the molecule is COC(=O)c1ccc(C(=O)OC)c(NC(=O)CN(c2ccc(Cl)c(Cl)c2)S(=O)(=O)c2ccc(C)cc2)c1. The Morgan fingerprint density at radius 1 is 0.865 bits per heavy atom. The standard InChI is InChI=1S/C25H22Cl2N2O7S/c1-15-4-8-18(9-5-15)37(33,34)29(17-7-11-20(26)21(27)13-17)14-23(30)28-22-12-16(24(31)35-2)6-10-19(22)25(32)36-3/h4-13H,14H2,1-3H3,(H,28,30). The first-order chi connectivity index (χ1) is 17.5. The average molecular weight is 565 g/mol. The van der Waals surface area contributed by atoms with Gasteiger partial charge in [0.15, 0.2) is 0 Å². The molecule has 0 bridgehead atoms. The minimum absolute atomic E-state index is 0.0500. The Labute approximate surface area is 223 Å². The van der Waals surface area contributed by atoms with Crippen LogP contribution in [0.3, 0.4) is 0 Å². The summed E-state index contributed by atoms with van der Waals surface area (Å²) in [5.74, 6) is -2.29. The summed E-state index contributed by atoms with van der Waals surface area (Å²) >= 11 is 12.1. The lowest BCUT2D eigenvalue weighted by atomic mass is 10.1. The highest BCUT2D eigenvalue weighted by Crippen LogP contribution is 2.31. The van der Waals surface area contributed by atoms with E-state index >= 15 is 0 Å². The lowest BCUT2D eigenvalue weighted by Gasteiger charge is -2.25. The molecule has 0 saturated carbocycles. The van der Waals surface area contributed by atoms with E-state index in [1.807, 2.05) is 6.92 Å². The normalized spacial score (nSPS) is 10.9. The number of halogens is 2. The molecule has 3 aromatic carbocycles. The first-order valence-corrected chi connectivity index (χ1v) is 12.8. The van der Waals surface area contributed by atoms with E-state index in [1.165, 1.54) is 55.6 Å². The smallest absolute Gasteiger partial charge is 0.339 e. The predicted molar refractivity (Wildman–Crippen MR) is 140 cm³/mol. The Balaban J connectivity index is 2.03. The number of aryl methyl sites for hydroxylation is 1. The largest absolute Gasteiger partial charge is 0.465 e. The molecule has 0 fully saturated rings. The van der Waals surface area contributed by atoms with E-state index < -0.39 is 34.4 Å². The summed E-state index contributed by atoms with van der Waals surface area (Å²) in [6.07, 6.45) is 0. The Hall–Kier alpha value is -3.60. The van der Waals surface area contributed by atoms with Crippen molar-refractivity contribution in [3.8, 4) is 0 Å². The van der Waals surface area contributed by atoms with Crippen molar-refractivity contribution in [2.75, 3.05) is 30.4 Å². The molecular weight excluding hydrogens is 543 g/mol. The van der Waals surface area contributed by atoms with Gasteiger partial charge in [-0.3, -0.25) is 9.10 Å². The summed E-state index contributed by atoms with van der Waals surface area (Å²) < 4.78 is 37.4. The molecule has 0 aliphatic heterocycles. The molecule has 0 atom stereocenters. The topological polar surface area (TPSA) is 119 Å². The lowest BCUT2D eigenvalue weighted by molar-refractivity contribution is -0.114. The Kier molecular flexibility index (Phi) is 8.80. The van der Waals surface area contributed by atoms with Crippen molar-refractivity contribution >= 4 is 62.4 Å². The number of nitrogens with one attached hydrogen (secondary N) is 1. The van der Waals surface area contributed by atoms with Crippen LogP contribution in [0.25, 0.3) is 0 Å². The van der Waals surface area contributed by atoms with Gasteiger partial charge in [-0.05, 0) is 55.5 Å². The maximum atomic E-state index is 13.6. The van der Waals surface area contributed by atoms with Gasteiger partial charge in [-0.1, -0.05) is 40.9 Å². The number of carbonyl (C=O) groups is 3. The van der Waals surface area contributed by atoms with Crippen LogP contribution in [0.2, 0.25) is 10.0 Å². The van der Waals surface area contributed by atoms with Crippen LogP contribution in [-0.2, 0) is 24.3 Å². The number of rotatable bonds is 8. The first-order valence-electron chi connectivity index (χ1n) is 10.6. The van der Waals surface area contributed by atoms with Crippen LogP contribution in [0, 0.1) is 6.92 Å². The number of methoxy groups -OCH3 is 2. The van der Waals surface area contributed by atoms with Crippen molar-refractivity contribution in [1.82, 2.24) is 0 Å². The van der Waals surface area contributed by atoms with Crippen molar-refractivity contribution < 1.29 is 32.3 Å². The van der Waals surface area contributed by atoms with Gasteiger partial charge in [0, 0.05) is 0 Å². The molecule has 3 rings (SSSR count). The quantitative estimate of drug-likeness (QED) is 0.393. The highest BCUT2D eigenvalue weighted by atomic mass is 35.5. The molecule has 0 aliphatic rings. The molecule has 0 radical (unpaired) electrons. The fraction of sp³-hybridized carbons (Fsp3) is 0.160. The monoisotopic (exact) mass is 564 g/mol. The van der Waals surface area contributed by atoms with Gasteiger partial charge in [0.05, 0.1) is 51.7 Å². The van der Waals surface area contributed by atoms with E-state index in [-0.39, 0.29) is 37.4 Å². The zero-order chi connectivity index (χ0) is 27.3. The number of ether oxygens (including phenoxy) is 2. The number of benzene rings is 3. The number of anilines is 2. The maximum Gasteiger partial charge on any atom is 0.339 e. The number of hydrogen-bond acceptors (Lipinski definition) is 7. The number of sulfonamides is 1. The van der Waals surface area contributed by atoms with Gasteiger partial charge in [-0.2, -0.15) is 0 Å². The number of esters is 2. The van der Waals surface area contributed by atoms with Crippen LogP contribution in [0.4, 0.5) is 11.4 Å². The highest BCUT2D eigenvalue weighted by Gasteiger charge is 2.28. The van der Waals surface area contributed by atoms with Crippen LogP contribution in [0.1, 0.15) is 26.3 Å². The summed E-state index contributed by atoms with van der Waals surface area (Å²) in [5.41, 5.74) is 0.867. The predicted octanol–water partition coefficient (Wildman–Crippen LogP) is 4.71. The number of carbonyl (C=O) groups excluding carboxylic acids is 3. The fourth-order valence-corrected chi connectivity index (χ4v) is 5.00. The van der Waals surface area contributed by atoms with Gasteiger partial charge in [-0.25, -0.2) is 18.0 Å². The fourth-order valence-electron chi connectivity index (χ4n) is 3.29. The zero-order valence-corrected chi connectivity index (χ0v) is 22.3. The second kappa shape index (κ2) is 11.6. The highest BCUT2D eigenvalue weighted by molar-refractivity contribution is 7.92. The molecule has 0 heterocycles. The minimum atomic E-state index is -4.24. The molecule has 37 heavy (non-hydrogen) atoms. The lowest BCUT2D eigenvalue weighted by Crippen LogP contribution is -2.38. The number of hydrogen-bond donors (Lipinski definition) is 1. The van der Waals surface area contributed by atoms with Crippen molar-refractivity contribution in [3.63, 3.8) is 0 Å². The van der Waals surface area contributed by atoms with Crippen molar-refractivity contribution in [1.29, 1.82) is 0 Å². The summed E-state index contributed by atoms with van der Waals surface area (Å²) in [6.45, 7) is 1.11. The third kappa shape index (κ3) is 6.40. The summed E-state index contributed by atoms with van der Waals surface area (Å²) in [4.78, 5) is 37.3. The van der Waals surface area contributed by atoms with Gasteiger partial charge in [0.1, 0.15) is 6.54 Å². The summed E-state index contributed by atoms with van der Waals surface area (Å²) in [5, 5.41) is 2.78. The van der Waals surface area contributed by atoms with Gasteiger partial charge in [-0.15, -0.1) is 0 Å². The van der Waals surface area contributed by atoms with E-state index in [9.17, 15) is 22.8 Å². The molecule has 0 unspecified atom stereocenters. The molecule has 1 N–H and O–H groups in total. The molecule has 12 heteroatoms. The van der Waals surface area contributed by atoms with Gasteiger partial charge in [0.2, 0.25) is 5.91 Å². The Bertz CT molecular complexity index is 1460. The molecule has 0 aromatic heterocycles. The van der Waals surface area contributed by atoms with E-state index in [4.69, 9.17) is 27.9 Å². The maximum absolute atomic E-state index is 13.6. The number of amides is 1. The van der Waals surface area contributed by atoms with Gasteiger partial charge >= 0.3 is 11.9 Å². The van der Waals surface area contributed by atoms with Crippen molar-refractivity contribution in [3.05, 3.63) is 87.4 Å². The molecule has 0 spiro atoms. The van der Waals surface area contributed by atoms with E-state index in [2.05, 4.69) is 10.1 Å². The van der Waals surface area contributed by atoms with Crippen LogP contribution < -0.4 is 9.62 Å². The molecule has 3 aromatic rings. The Morgan fingerprint density at radius 3 is 2.11 bits per heavy atom. The van der Waals surface area contributed by atoms with E-state index in [1.54, 1.807) is 12.1 Å². The molecule has 0 saturated heterocycles. The van der Waals surface area contributed by atoms with Gasteiger partial charge in [0.25, 0.3) is 10.0 Å². The van der Waals surface area contributed by atoms with Crippen LogP contribution in [0.15, 0.2) is 65.6 Å². The third-order valence-corrected chi connectivity index (χ3v) is 7.73. The van der Waals surface area contributed by atoms with Crippen molar-refractivity contribution in [2.45, 2.75) is 11.8 Å².